The molecule has 1 aromatic rings. The number of fused-ring (bicyclic) bond motifs is 1. The van der Waals surface area contributed by atoms with Crippen LogP contribution in [0.15, 0.2) is 10.7 Å². The first-order chi connectivity index (χ1) is 8.69. The van der Waals surface area contributed by atoms with Crippen molar-refractivity contribution in [2.45, 2.75) is 18.9 Å². The highest BCUT2D eigenvalue weighted by atomic mass is 79.9. The highest BCUT2D eigenvalue weighted by Gasteiger charge is 2.41. The first kappa shape index (κ1) is 12.2. The van der Waals surface area contributed by atoms with Crippen LogP contribution in [0.25, 0.3) is 0 Å². The van der Waals surface area contributed by atoms with Crippen molar-refractivity contribution in [2.24, 2.45) is 17.6 Å². The van der Waals surface area contributed by atoms with Crippen molar-refractivity contribution in [3.63, 3.8) is 0 Å². The molecule has 1 aromatic heterocycles. The lowest BCUT2D eigenvalue weighted by atomic mass is 9.98. The zero-order chi connectivity index (χ0) is 12.7. The number of anilines is 1. The van der Waals surface area contributed by atoms with Gasteiger partial charge >= 0.3 is 0 Å². The number of aromatic nitrogens is 2. The summed E-state index contributed by atoms with van der Waals surface area (Å²) in [6, 6.07) is 0.345. The summed E-state index contributed by atoms with van der Waals surface area (Å²) in [6.45, 7) is 1.99. The monoisotopic (exact) mass is 312 g/mol. The maximum Gasteiger partial charge on any atom is 0.232 e. The fourth-order valence-electron chi connectivity index (χ4n) is 3.11. The van der Waals surface area contributed by atoms with Crippen LogP contribution in [0.3, 0.4) is 0 Å². The lowest BCUT2D eigenvalue weighted by molar-refractivity contribution is 0.393. The van der Waals surface area contributed by atoms with Gasteiger partial charge in [-0.1, -0.05) is 0 Å². The van der Waals surface area contributed by atoms with Crippen LogP contribution in [0.1, 0.15) is 12.8 Å². The third kappa shape index (κ3) is 1.97. The van der Waals surface area contributed by atoms with Gasteiger partial charge in [-0.15, -0.1) is 0 Å². The van der Waals surface area contributed by atoms with Crippen LogP contribution in [0, 0.1) is 11.8 Å². The van der Waals surface area contributed by atoms with Gasteiger partial charge in [0.1, 0.15) is 0 Å². The minimum absolute atomic E-state index is 0.345. The summed E-state index contributed by atoms with van der Waals surface area (Å²) in [7, 11) is 1.62. The zero-order valence-corrected chi connectivity index (χ0v) is 11.9. The lowest BCUT2D eigenvalue weighted by Crippen LogP contribution is -2.30. The predicted octanol–water partition coefficient (Wildman–Crippen LogP) is 1.42. The molecule has 18 heavy (non-hydrogen) atoms. The van der Waals surface area contributed by atoms with Gasteiger partial charge in [-0.3, -0.25) is 0 Å². The van der Waals surface area contributed by atoms with Gasteiger partial charge < -0.3 is 15.4 Å². The Morgan fingerprint density at radius 3 is 3.00 bits per heavy atom. The Kier molecular flexibility index (Phi) is 3.15. The van der Waals surface area contributed by atoms with Crippen LogP contribution in [0.4, 0.5) is 5.95 Å². The van der Waals surface area contributed by atoms with E-state index in [-0.39, 0.29) is 0 Å². The maximum atomic E-state index is 6.14. The molecular formula is C12H17BrN4O. The number of halogens is 1. The fraction of sp³-hybridized carbons (Fsp3) is 0.667. The Hall–Kier alpha value is -0.880. The summed E-state index contributed by atoms with van der Waals surface area (Å²) in [5.41, 5.74) is 6.14. The standard InChI is InChI=1S/C12H17BrN4O/c1-18-11-9(13)4-15-12(16-11)17-5-7-2-3-10(14)8(7)6-17/h4,7-8,10H,2-3,5-6,14H2,1H3. The van der Waals surface area contributed by atoms with E-state index >= 15 is 0 Å². The van der Waals surface area contributed by atoms with Gasteiger partial charge in [0.25, 0.3) is 0 Å². The molecule has 0 amide bonds. The molecule has 2 aliphatic rings. The van der Waals surface area contributed by atoms with Gasteiger partial charge in [0.2, 0.25) is 11.8 Å². The first-order valence-electron chi connectivity index (χ1n) is 6.26. The summed E-state index contributed by atoms with van der Waals surface area (Å²) in [5, 5.41) is 0. The summed E-state index contributed by atoms with van der Waals surface area (Å²) in [5.74, 6) is 2.64. The molecule has 3 unspecified atom stereocenters. The first-order valence-corrected chi connectivity index (χ1v) is 7.05. The normalized spacial score (nSPS) is 30.6. The van der Waals surface area contributed by atoms with Crippen LogP contribution in [-0.2, 0) is 0 Å². The van der Waals surface area contributed by atoms with Crippen LogP contribution in [0.2, 0.25) is 0 Å². The van der Waals surface area contributed by atoms with Crippen LogP contribution < -0.4 is 15.4 Å². The molecule has 6 heteroatoms. The van der Waals surface area contributed by atoms with E-state index < -0.39 is 0 Å². The largest absolute Gasteiger partial charge is 0.480 e. The Bertz CT molecular complexity index is 456. The average molecular weight is 313 g/mol. The van der Waals surface area contributed by atoms with E-state index in [2.05, 4.69) is 30.8 Å². The summed E-state index contributed by atoms with van der Waals surface area (Å²) in [6.07, 6.45) is 4.14. The molecule has 1 aliphatic carbocycles. The Morgan fingerprint density at radius 2 is 2.28 bits per heavy atom. The number of hydrogen-bond donors (Lipinski definition) is 1. The molecule has 2 fully saturated rings. The van der Waals surface area contributed by atoms with Crippen molar-refractivity contribution < 1.29 is 4.74 Å². The molecule has 98 valence electrons. The number of nitrogens with two attached hydrogens (primary N) is 1. The molecule has 5 nitrogen and oxygen atoms in total. The van der Waals surface area contributed by atoms with Gasteiger partial charge in [0.05, 0.1) is 17.8 Å². The van der Waals surface area contributed by atoms with E-state index in [0.717, 1.165) is 29.9 Å². The van der Waals surface area contributed by atoms with Crippen molar-refractivity contribution in [2.75, 3.05) is 25.1 Å². The van der Waals surface area contributed by atoms with Gasteiger partial charge in [-0.05, 0) is 40.6 Å². The molecule has 2 heterocycles. The summed E-state index contributed by atoms with van der Waals surface area (Å²) in [4.78, 5) is 11.0. The molecular weight excluding hydrogens is 296 g/mol. The van der Waals surface area contributed by atoms with Crippen molar-refractivity contribution in [1.82, 2.24) is 9.97 Å². The van der Waals surface area contributed by atoms with Gasteiger partial charge in [-0.2, -0.15) is 4.98 Å². The SMILES string of the molecule is COc1nc(N2CC3CCC(N)C3C2)ncc1Br. The number of rotatable bonds is 2. The Morgan fingerprint density at radius 1 is 1.44 bits per heavy atom. The minimum atomic E-state index is 0.345. The lowest BCUT2D eigenvalue weighted by Gasteiger charge is -2.19. The highest BCUT2D eigenvalue weighted by molar-refractivity contribution is 9.10. The molecule has 2 N–H and O–H groups in total. The molecule has 1 saturated carbocycles. The minimum Gasteiger partial charge on any atom is -0.480 e. The number of hydrogen-bond acceptors (Lipinski definition) is 5. The van der Waals surface area contributed by atoms with Crippen LogP contribution >= 0.6 is 15.9 Å². The summed E-state index contributed by atoms with van der Waals surface area (Å²) >= 11 is 3.37. The maximum absolute atomic E-state index is 6.14. The molecule has 3 rings (SSSR count). The van der Waals surface area contributed by atoms with E-state index in [0.29, 0.717) is 23.8 Å². The molecule has 0 radical (unpaired) electrons. The van der Waals surface area contributed by atoms with Crippen LogP contribution in [0.5, 0.6) is 5.88 Å². The van der Waals surface area contributed by atoms with Gasteiger partial charge in [-0.25, -0.2) is 4.98 Å². The highest BCUT2D eigenvalue weighted by Crippen LogP contribution is 2.38. The van der Waals surface area contributed by atoms with E-state index in [4.69, 9.17) is 10.5 Å². The second-order valence-electron chi connectivity index (χ2n) is 5.10. The molecule has 1 aliphatic heterocycles. The number of nitrogens with zero attached hydrogens (tertiary/aromatic N) is 3. The van der Waals surface area contributed by atoms with Gasteiger partial charge in [0, 0.05) is 19.1 Å². The van der Waals surface area contributed by atoms with Crippen molar-refractivity contribution in [3.8, 4) is 5.88 Å². The summed E-state index contributed by atoms with van der Waals surface area (Å²) < 4.78 is 5.99. The van der Waals surface area contributed by atoms with E-state index in [1.807, 2.05) is 0 Å². The third-order valence-electron chi connectivity index (χ3n) is 4.09. The van der Waals surface area contributed by atoms with Crippen molar-refractivity contribution in [1.29, 1.82) is 0 Å². The number of methoxy groups -OCH3 is 1. The quantitative estimate of drug-likeness (QED) is 0.895. The Labute approximate surface area is 115 Å². The third-order valence-corrected chi connectivity index (χ3v) is 4.63. The molecule has 1 saturated heterocycles. The molecule has 3 atom stereocenters. The Balaban J connectivity index is 1.80. The topological polar surface area (TPSA) is 64.3 Å². The van der Waals surface area contributed by atoms with Crippen LogP contribution in [-0.4, -0.2) is 36.2 Å². The zero-order valence-electron chi connectivity index (χ0n) is 10.3. The predicted molar refractivity (Wildman–Crippen MR) is 72.7 cm³/mol. The molecule has 0 bridgehead atoms. The van der Waals surface area contributed by atoms with E-state index in [1.54, 1.807) is 13.3 Å². The second-order valence-corrected chi connectivity index (χ2v) is 5.95. The average Bonchev–Trinajstić information content (AvgIpc) is 2.93. The second kappa shape index (κ2) is 4.66. The molecule has 0 spiro atoms. The number of ether oxygens (including phenoxy) is 1. The van der Waals surface area contributed by atoms with Crippen molar-refractivity contribution in [3.05, 3.63) is 10.7 Å². The van der Waals surface area contributed by atoms with Crippen molar-refractivity contribution >= 4 is 21.9 Å². The van der Waals surface area contributed by atoms with E-state index in [9.17, 15) is 0 Å². The van der Waals surface area contributed by atoms with E-state index in [1.165, 1.54) is 6.42 Å². The van der Waals surface area contributed by atoms with Gasteiger partial charge in [0.15, 0.2) is 0 Å². The molecule has 0 aromatic carbocycles. The smallest absolute Gasteiger partial charge is 0.232 e. The fourth-order valence-corrected chi connectivity index (χ4v) is 3.46.